The maximum absolute atomic E-state index is 12.3. The van der Waals surface area contributed by atoms with Crippen molar-refractivity contribution in [2.75, 3.05) is 51.1 Å². The van der Waals surface area contributed by atoms with Crippen molar-refractivity contribution >= 4 is 23.5 Å². The zero-order chi connectivity index (χ0) is 19.6. The lowest BCUT2D eigenvalue weighted by Gasteiger charge is -2.33. The van der Waals surface area contributed by atoms with E-state index < -0.39 is 6.03 Å². The summed E-state index contributed by atoms with van der Waals surface area (Å²) in [5, 5.41) is 7.81. The summed E-state index contributed by atoms with van der Waals surface area (Å²) in [5.41, 5.74) is 1.99. The summed E-state index contributed by atoms with van der Waals surface area (Å²) < 4.78 is 0. The molecule has 8 nitrogen and oxygen atoms in total. The SMILES string of the molecule is CCNC(=O)NC(=O)CN1CCN(CC(=O)Nc2ccccc2CC)CC1. The highest BCUT2D eigenvalue weighted by Crippen LogP contribution is 2.15. The Labute approximate surface area is 160 Å². The fraction of sp³-hybridized carbons (Fsp3) is 0.526. The van der Waals surface area contributed by atoms with E-state index in [1.807, 2.05) is 29.2 Å². The Kier molecular flexibility index (Phi) is 8.22. The van der Waals surface area contributed by atoms with Crippen LogP contribution in [0.15, 0.2) is 24.3 Å². The summed E-state index contributed by atoms with van der Waals surface area (Å²) in [7, 11) is 0. The maximum Gasteiger partial charge on any atom is 0.321 e. The van der Waals surface area contributed by atoms with Gasteiger partial charge in [-0.3, -0.25) is 24.7 Å². The number of carbonyl (C=O) groups is 3. The normalized spacial score (nSPS) is 15.2. The highest BCUT2D eigenvalue weighted by molar-refractivity contribution is 5.95. The summed E-state index contributed by atoms with van der Waals surface area (Å²) >= 11 is 0. The maximum atomic E-state index is 12.3. The summed E-state index contributed by atoms with van der Waals surface area (Å²) in [4.78, 5) is 39.5. The van der Waals surface area contributed by atoms with Crippen LogP contribution in [0.1, 0.15) is 19.4 Å². The van der Waals surface area contributed by atoms with E-state index in [1.54, 1.807) is 6.92 Å². The first kappa shape index (κ1) is 20.9. The highest BCUT2D eigenvalue weighted by atomic mass is 16.2. The van der Waals surface area contributed by atoms with E-state index in [4.69, 9.17) is 0 Å². The second-order valence-corrected chi connectivity index (χ2v) is 6.52. The Balaban J connectivity index is 1.71. The third kappa shape index (κ3) is 6.99. The third-order valence-corrected chi connectivity index (χ3v) is 4.46. The lowest BCUT2D eigenvalue weighted by Crippen LogP contribution is -2.52. The van der Waals surface area contributed by atoms with Gasteiger partial charge in [0.25, 0.3) is 0 Å². The molecule has 0 bridgehead atoms. The smallest absolute Gasteiger partial charge is 0.321 e. The number of imide groups is 1. The fourth-order valence-electron chi connectivity index (χ4n) is 3.02. The van der Waals surface area contributed by atoms with Gasteiger partial charge in [-0.05, 0) is 25.0 Å². The van der Waals surface area contributed by atoms with Crippen LogP contribution in [-0.2, 0) is 16.0 Å². The first-order valence-electron chi connectivity index (χ1n) is 9.42. The zero-order valence-electron chi connectivity index (χ0n) is 16.1. The van der Waals surface area contributed by atoms with Gasteiger partial charge in [-0.1, -0.05) is 25.1 Å². The van der Waals surface area contributed by atoms with E-state index in [9.17, 15) is 14.4 Å². The Morgan fingerprint density at radius 2 is 1.52 bits per heavy atom. The average molecular weight is 375 g/mol. The predicted molar refractivity (Wildman–Crippen MR) is 105 cm³/mol. The van der Waals surface area contributed by atoms with Gasteiger partial charge in [-0.25, -0.2) is 4.79 Å². The number of nitrogens with zero attached hydrogens (tertiary/aromatic N) is 2. The number of nitrogens with one attached hydrogen (secondary N) is 3. The third-order valence-electron chi connectivity index (χ3n) is 4.46. The Morgan fingerprint density at radius 3 is 2.11 bits per heavy atom. The second-order valence-electron chi connectivity index (χ2n) is 6.52. The van der Waals surface area contributed by atoms with E-state index in [-0.39, 0.29) is 18.4 Å². The van der Waals surface area contributed by atoms with Crippen molar-refractivity contribution in [3.05, 3.63) is 29.8 Å². The van der Waals surface area contributed by atoms with Crippen LogP contribution < -0.4 is 16.0 Å². The number of hydrogen-bond donors (Lipinski definition) is 3. The molecule has 0 radical (unpaired) electrons. The minimum absolute atomic E-state index is 0.0293. The van der Waals surface area contributed by atoms with Crippen molar-refractivity contribution in [1.82, 2.24) is 20.4 Å². The standard InChI is InChI=1S/C19H29N5O3/c1-3-15-7-5-6-8-16(15)21-17(25)13-23-9-11-24(12-10-23)14-18(26)22-19(27)20-4-2/h5-8H,3-4,9-14H2,1-2H3,(H,21,25)(H2,20,22,26,27). The summed E-state index contributed by atoms with van der Waals surface area (Å²) in [6.07, 6.45) is 0.869. The number of piperazine rings is 1. The average Bonchev–Trinajstić information content (AvgIpc) is 2.64. The monoisotopic (exact) mass is 375 g/mol. The quantitative estimate of drug-likeness (QED) is 0.651. The number of aryl methyl sites for hydroxylation is 1. The molecule has 1 aromatic carbocycles. The lowest BCUT2D eigenvalue weighted by molar-refractivity contribution is -0.122. The van der Waals surface area contributed by atoms with E-state index >= 15 is 0 Å². The zero-order valence-corrected chi connectivity index (χ0v) is 16.1. The van der Waals surface area contributed by atoms with Crippen molar-refractivity contribution < 1.29 is 14.4 Å². The molecule has 27 heavy (non-hydrogen) atoms. The molecule has 1 aliphatic rings. The van der Waals surface area contributed by atoms with Gasteiger partial charge in [0.15, 0.2) is 0 Å². The van der Waals surface area contributed by atoms with Gasteiger partial charge in [0.05, 0.1) is 13.1 Å². The van der Waals surface area contributed by atoms with Crippen LogP contribution in [0.2, 0.25) is 0 Å². The Bertz CT molecular complexity index is 657. The number of urea groups is 1. The molecule has 1 fully saturated rings. The molecule has 0 unspecified atom stereocenters. The number of anilines is 1. The molecule has 1 aromatic rings. The van der Waals surface area contributed by atoms with Crippen LogP contribution in [0.4, 0.5) is 10.5 Å². The Hall–Kier alpha value is -2.45. The molecule has 1 heterocycles. The number of para-hydroxylation sites is 1. The Morgan fingerprint density at radius 1 is 0.926 bits per heavy atom. The summed E-state index contributed by atoms with van der Waals surface area (Å²) in [6, 6.07) is 7.35. The molecule has 0 spiro atoms. The molecule has 3 N–H and O–H groups in total. The summed E-state index contributed by atoms with van der Waals surface area (Å²) in [6.45, 7) is 7.62. The van der Waals surface area contributed by atoms with Gasteiger partial charge in [0.1, 0.15) is 0 Å². The van der Waals surface area contributed by atoms with Crippen molar-refractivity contribution in [3.8, 4) is 0 Å². The number of rotatable bonds is 7. The van der Waals surface area contributed by atoms with Crippen LogP contribution in [0.3, 0.4) is 0 Å². The number of hydrogen-bond acceptors (Lipinski definition) is 5. The van der Waals surface area contributed by atoms with Crippen molar-refractivity contribution in [1.29, 1.82) is 0 Å². The van der Waals surface area contributed by atoms with Gasteiger partial charge in [0.2, 0.25) is 11.8 Å². The van der Waals surface area contributed by atoms with E-state index in [1.165, 1.54) is 0 Å². The lowest BCUT2D eigenvalue weighted by atomic mass is 10.1. The van der Waals surface area contributed by atoms with E-state index in [0.717, 1.165) is 17.7 Å². The molecular formula is C19H29N5O3. The fourth-order valence-corrected chi connectivity index (χ4v) is 3.02. The topological polar surface area (TPSA) is 93.8 Å². The van der Waals surface area contributed by atoms with Gasteiger partial charge >= 0.3 is 6.03 Å². The van der Waals surface area contributed by atoms with Gasteiger partial charge in [0, 0.05) is 38.4 Å². The summed E-state index contributed by atoms with van der Waals surface area (Å²) in [5.74, 6) is -0.346. The molecule has 0 atom stereocenters. The molecule has 0 saturated carbocycles. The molecule has 0 aliphatic carbocycles. The van der Waals surface area contributed by atoms with Crippen molar-refractivity contribution in [2.45, 2.75) is 20.3 Å². The van der Waals surface area contributed by atoms with Gasteiger partial charge < -0.3 is 10.6 Å². The largest absolute Gasteiger partial charge is 0.338 e. The van der Waals surface area contributed by atoms with Gasteiger partial charge in [-0.15, -0.1) is 0 Å². The number of amides is 4. The van der Waals surface area contributed by atoms with Crippen LogP contribution in [-0.4, -0.2) is 73.5 Å². The van der Waals surface area contributed by atoms with Crippen LogP contribution in [0.25, 0.3) is 0 Å². The van der Waals surface area contributed by atoms with E-state index in [2.05, 4.69) is 27.8 Å². The predicted octanol–water partition coefficient (Wildman–Crippen LogP) is 0.651. The molecule has 0 aromatic heterocycles. The highest BCUT2D eigenvalue weighted by Gasteiger charge is 2.21. The first-order chi connectivity index (χ1) is 13.0. The minimum Gasteiger partial charge on any atom is -0.338 e. The molecule has 148 valence electrons. The molecule has 2 rings (SSSR count). The second kappa shape index (κ2) is 10.6. The van der Waals surface area contributed by atoms with Crippen molar-refractivity contribution in [3.63, 3.8) is 0 Å². The van der Waals surface area contributed by atoms with Crippen LogP contribution in [0, 0.1) is 0 Å². The molecular weight excluding hydrogens is 346 g/mol. The molecule has 4 amide bonds. The molecule has 1 aliphatic heterocycles. The van der Waals surface area contributed by atoms with Crippen molar-refractivity contribution in [2.24, 2.45) is 0 Å². The van der Waals surface area contributed by atoms with Crippen LogP contribution in [0.5, 0.6) is 0 Å². The van der Waals surface area contributed by atoms with E-state index in [0.29, 0.717) is 39.3 Å². The molecule has 8 heteroatoms. The van der Waals surface area contributed by atoms with Gasteiger partial charge in [-0.2, -0.15) is 0 Å². The number of carbonyl (C=O) groups excluding carboxylic acids is 3. The minimum atomic E-state index is -0.467. The van der Waals surface area contributed by atoms with Crippen LogP contribution >= 0.6 is 0 Å². The first-order valence-corrected chi connectivity index (χ1v) is 9.42. The molecule has 1 saturated heterocycles. The number of benzene rings is 1.